The van der Waals surface area contributed by atoms with Crippen LogP contribution in [-0.2, 0) is 6.42 Å². The summed E-state index contributed by atoms with van der Waals surface area (Å²) < 4.78 is 19.6. The van der Waals surface area contributed by atoms with Crippen molar-refractivity contribution < 1.29 is 9.13 Å². The molecule has 1 aromatic heterocycles. The fourth-order valence-electron chi connectivity index (χ4n) is 3.83. The Morgan fingerprint density at radius 3 is 2.03 bits per heavy atom. The van der Waals surface area contributed by atoms with Crippen molar-refractivity contribution in [3.8, 4) is 28.3 Å². The molecule has 0 saturated carbocycles. The number of aromatic nitrogens is 2. The van der Waals surface area contributed by atoms with Crippen LogP contribution in [0, 0.1) is 0 Å². The van der Waals surface area contributed by atoms with Crippen LogP contribution < -0.4 is 4.74 Å². The first kappa shape index (κ1) is 24.9. The average Bonchev–Trinajstić information content (AvgIpc) is 2.86. The number of hydrogen-bond donors (Lipinski definition) is 0. The van der Waals surface area contributed by atoms with E-state index in [1.54, 1.807) is 0 Å². The van der Waals surface area contributed by atoms with E-state index in [9.17, 15) is 4.39 Å². The van der Waals surface area contributed by atoms with Gasteiger partial charge in [-0.05, 0) is 54.7 Å². The zero-order valence-corrected chi connectivity index (χ0v) is 20.1. The Kier molecular flexibility index (Phi) is 10.3. The van der Waals surface area contributed by atoms with Gasteiger partial charge < -0.3 is 4.74 Å². The summed E-state index contributed by atoms with van der Waals surface area (Å²) in [6, 6.07) is 16.2. The fraction of sp³-hybridized carbons (Fsp3) is 0.448. The SMILES string of the molecule is CCCCCCC(F)COc1ccc(-c2ncc(-c3ccc(CCCCC)cc3)cn2)cc1. The predicted octanol–water partition coefficient (Wildman–Crippen LogP) is 8.23. The summed E-state index contributed by atoms with van der Waals surface area (Å²) >= 11 is 0. The molecule has 0 aliphatic carbocycles. The molecular weight excluding hydrogens is 411 g/mol. The van der Waals surface area contributed by atoms with Gasteiger partial charge in [0, 0.05) is 23.5 Å². The van der Waals surface area contributed by atoms with Gasteiger partial charge in [0.15, 0.2) is 5.82 Å². The lowest BCUT2D eigenvalue weighted by molar-refractivity contribution is 0.184. The largest absolute Gasteiger partial charge is 0.491 e. The van der Waals surface area contributed by atoms with Crippen molar-refractivity contribution in [3.05, 3.63) is 66.5 Å². The highest BCUT2D eigenvalue weighted by Gasteiger charge is 2.08. The molecule has 0 fully saturated rings. The molecule has 0 bridgehead atoms. The van der Waals surface area contributed by atoms with Crippen LogP contribution in [0.25, 0.3) is 22.5 Å². The van der Waals surface area contributed by atoms with Crippen molar-refractivity contribution in [2.24, 2.45) is 0 Å². The summed E-state index contributed by atoms with van der Waals surface area (Å²) in [5.41, 5.74) is 4.42. The maximum Gasteiger partial charge on any atom is 0.159 e. The molecule has 0 N–H and O–H groups in total. The Balaban J connectivity index is 1.51. The lowest BCUT2D eigenvalue weighted by Gasteiger charge is -2.11. The number of aryl methyl sites for hydroxylation is 1. The number of rotatable bonds is 14. The highest BCUT2D eigenvalue weighted by atomic mass is 19.1. The first-order valence-electron chi connectivity index (χ1n) is 12.5. The molecule has 0 saturated heterocycles. The molecule has 0 amide bonds. The number of alkyl halides is 1. The average molecular weight is 449 g/mol. The summed E-state index contributed by atoms with van der Waals surface area (Å²) in [7, 11) is 0. The van der Waals surface area contributed by atoms with E-state index in [0.717, 1.165) is 36.0 Å². The van der Waals surface area contributed by atoms with Crippen molar-refractivity contribution in [1.29, 1.82) is 0 Å². The Hall–Kier alpha value is -2.75. The van der Waals surface area contributed by atoms with Crippen LogP contribution in [0.1, 0.15) is 70.8 Å². The van der Waals surface area contributed by atoms with E-state index < -0.39 is 6.17 Å². The Morgan fingerprint density at radius 1 is 0.727 bits per heavy atom. The molecule has 0 aliphatic heterocycles. The summed E-state index contributed by atoms with van der Waals surface area (Å²) in [6.07, 6.45) is 12.6. The Labute approximate surface area is 198 Å². The van der Waals surface area contributed by atoms with E-state index in [4.69, 9.17) is 4.74 Å². The minimum absolute atomic E-state index is 0.105. The highest BCUT2D eigenvalue weighted by Crippen LogP contribution is 2.23. The number of halogens is 1. The summed E-state index contributed by atoms with van der Waals surface area (Å²) in [5, 5.41) is 0. The van der Waals surface area contributed by atoms with Crippen molar-refractivity contribution in [2.45, 2.75) is 77.8 Å². The first-order valence-corrected chi connectivity index (χ1v) is 12.5. The first-order chi connectivity index (χ1) is 16.2. The van der Waals surface area contributed by atoms with Gasteiger partial charge in [-0.2, -0.15) is 0 Å². The molecule has 4 heteroatoms. The Bertz CT molecular complexity index is 923. The zero-order chi connectivity index (χ0) is 23.3. The van der Waals surface area contributed by atoms with Gasteiger partial charge in [-0.1, -0.05) is 76.6 Å². The minimum atomic E-state index is -0.914. The van der Waals surface area contributed by atoms with Crippen LogP contribution in [0.3, 0.4) is 0 Å². The second-order valence-electron chi connectivity index (χ2n) is 8.73. The van der Waals surface area contributed by atoms with Crippen LogP contribution in [0.5, 0.6) is 5.75 Å². The van der Waals surface area contributed by atoms with E-state index in [1.807, 2.05) is 36.7 Å². The standard InChI is InChI=1S/C29H37FN2O/c1-3-5-7-9-11-27(30)22-33-28-18-16-25(17-19-28)29-31-20-26(21-32-29)24-14-12-23(13-15-24)10-8-6-4-2/h12-21,27H,3-11,22H2,1-2H3. The van der Waals surface area contributed by atoms with Gasteiger partial charge >= 0.3 is 0 Å². The number of ether oxygens (including phenoxy) is 1. The van der Waals surface area contributed by atoms with Gasteiger partial charge in [-0.3, -0.25) is 0 Å². The summed E-state index contributed by atoms with van der Waals surface area (Å²) in [6.45, 7) is 4.49. The van der Waals surface area contributed by atoms with E-state index in [1.165, 1.54) is 37.7 Å². The molecule has 3 rings (SSSR count). The van der Waals surface area contributed by atoms with Crippen LogP contribution in [0.15, 0.2) is 60.9 Å². The third-order valence-corrected chi connectivity index (χ3v) is 5.92. The normalized spacial score (nSPS) is 12.0. The maximum atomic E-state index is 14.0. The van der Waals surface area contributed by atoms with Gasteiger partial charge in [0.05, 0.1) is 0 Å². The molecule has 2 aromatic carbocycles. The second-order valence-corrected chi connectivity index (χ2v) is 8.73. The summed E-state index contributed by atoms with van der Waals surface area (Å²) in [5.74, 6) is 1.34. The lowest BCUT2D eigenvalue weighted by Crippen LogP contribution is -2.12. The van der Waals surface area contributed by atoms with Gasteiger partial charge in [0.2, 0.25) is 0 Å². The van der Waals surface area contributed by atoms with Crippen LogP contribution >= 0.6 is 0 Å². The quantitative estimate of drug-likeness (QED) is 0.233. The number of benzene rings is 2. The van der Waals surface area contributed by atoms with Gasteiger partial charge in [-0.25, -0.2) is 14.4 Å². The van der Waals surface area contributed by atoms with Crippen molar-refractivity contribution in [1.82, 2.24) is 9.97 Å². The molecule has 0 spiro atoms. The van der Waals surface area contributed by atoms with Crippen molar-refractivity contribution >= 4 is 0 Å². The molecule has 1 atom stereocenters. The van der Waals surface area contributed by atoms with Gasteiger partial charge in [0.1, 0.15) is 18.5 Å². The van der Waals surface area contributed by atoms with Crippen LogP contribution in [0.2, 0.25) is 0 Å². The third-order valence-electron chi connectivity index (χ3n) is 5.92. The molecular formula is C29H37FN2O. The predicted molar refractivity (Wildman–Crippen MR) is 135 cm³/mol. The molecule has 1 heterocycles. The van der Waals surface area contributed by atoms with Crippen molar-refractivity contribution in [2.75, 3.05) is 6.61 Å². The van der Waals surface area contributed by atoms with E-state index in [0.29, 0.717) is 18.0 Å². The molecule has 0 aliphatic rings. The van der Waals surface area contributed by atoms with E-state index in [2.05, 4.69) is 48.1 Å². The third kappa shape index (κ3) is 8.27. The number of nitrogens with zero attached hydrogens (tertiary/aromatic N) is 2. The molecule has 3 aromatic rings. The monoisotopic (exact) mass is 448 g/mol. The van der Waals surface area contributed by atoms with Crippen LogP contribution in [0.4, 0.5) is 4.39 Å². The molecule has 1 unspecified atom stereocenters. The zero-order valence-electron chi connectivity index (χ0n) is 20.1. The fourth-order valence-corrected chi connectivity index (χ4v) is 3.83. The van der Waals surface area contributed by atoms with Gasteiger partial charge in [0.25, 0.3) is 0 Å². The maximum absolute atomic E-state index is 14.0. The topological polar surface area (TPSA) is 35.0 Å². The summed E-state index contributed by atoms with van der Waals surface area (Å²) in [4.78, 5) is 9.10. The van der Waals surface area contributed by atoms with Crippen molar-refractivity contribution in [3.63, 3.8) is 0 Å². The van der Waals surface area contributed by atoms with Gasteiger partial charge in [-0.15, -0.1) is 0 Å². The number of unbranched alkanes of at least 4 members (excludes halogenated alkanes) is 5. The second kappa shape index (κ2) is 13.7. The lowest BCUT2D eigenvalue weighted by atomic mass is 10.0. The highest BCUT2D eigenvalue weighted by molar-refractivity contribution is 5.64. The molecule has 0 radical (unpaired) electrons. The van der Waals surface area contributed by atoms with E-state index in [-0.39, 0.29) is 6.61 Å². The number of hydrogen-bond acceptors (Lipinski definition) is 3. The Morgan fingerprint density at radius 2 is 1.36 bits per heavy atom. The molecule has 33 heavy (non-hydrogen) atoms. The molecule has 176 valence electrons. The van der Waals surface area contributed by atoms with E-state index >= 15 is 0 Å². The van der Waals surface area contributed by atoms with Crippen LogP contribution in [-0.4, -0.2) is 22.7 Å². The smallest absolute Gasteiger partial charge is 0.159 e. The molecule has 3 nitrogen and oxygen atoms in total. The minimum Gasteiger partial charge on any atom is -0.491 e.